The van der Waals surface area contributed by atoms with Gasteiger partial charge in [0, 0.05) is 11.4 Å². The van der Waals surface area contributed by atoms with Crippen molar-refractivity contribution in [3.63, 3.8) is 0 Å². The highest BCUT2D eigenvalue weighted by Crippen LogP contribution is 2.15. The van der Waals surface area contributed by atoms with Gasteiger partial charge < -0.3 is 11.1 Å². The van der Waals surface area contributed by atoms with Crippen LogP contribution in [0.3, 0.4) is 0 Å². The SMILES string of the molecule is Nc1ccc(Nc2ncc([N+](=O)[O-])cn2)cc1. The molecule has 0 aliphatic rings. The molecule has 1 heterocycles. The van der Waals surface area contributed by atoms with E-state index in [4.69, 9.17) is 5.73 Å². The fraction of sp³-hybridized carbons (Fsp3) is 0. The lowest BCUT2D eigenvalue weighted by molar-refractivity contribution is -0.385. The van der Waals surface area contributed by atoms with E-state index in [9.17, 15) is 10.1 Å². The first-order valence-corrected chi connectivity index (χ1v) is 4.74. The Morgan fingerprint density at radius 2 is 1.76 bits per heavy atom. The largest absolute Gasteiger partial charge is 0.399 e. The average Bonchev–Trinajstić information content (AvgIpc) is 2.33. The molecule has 0 aliphatic heterocycles. The summed E-state index contributed by atoms with van der Waals surface area (Å²) in [6, 6.07) is 6.99. The highest BCUT2D eigenvalue weighted by molar-refractivity contribution is 5.57. The van der Waals surface area contributed by atoms with Gasteiger partial charge in [-0.2, -0.15) is 0 Å². The summed E-state index contributed by atoms with van der Waals surface area (Å²) < 4.78 is 0. The van der Waals surface area contributed by atoms with Crippen molar-refractivity contribution in [3.8, 4) is 0 Å². The van der Waals surface area contributed by atoms with E-state index in [1.165, 1.54) is 0 Å². The number of nitro groups is 1. The summed E-state index contributed by atoms with van der Waals surface area (Å²) in [4.78, 5) is 17.5. The molecule has 0 saturated heterocycles. The van der Waals surface area contributed by atoms with E-state index in [2.05, 4.69) is 15.3 Å². The molecule has 0 bridgehead atoms. The third-order valence-electron chi connectivity index (χ3n) is 2.02. The molecular formula is C10H9N5O2. The number of anilines is 3. The van der Waals surface area contributed by atoms with E-state index >= 15 is 0 Å². The summed E-state index contributed by atoms with van der Waals surface area (Å²) >= 11 is 0. The van der Waals surface area contributed by atoms with Crippen LogP contribution in [0.1, 0.15) is 0 Å². The summed E-state index contributed by atoms with van der Waals surface area (Å²) in [5.41, 5.74) is 6.80. The summed E-state index contributed by atoms with van der Waals surface area (Å²) in [6.45, 7) is 0. The maximum absolute atomic E-state index is 10.4. The minimum absolute atomic E-state index is 0.146. The topological polar surface area (TPSA) is 107 Å². The Bertz CT molecular complexity index is 523. The molecule has 0 spiro atoms. The second-order valence-corrected chi connectivity index (χ2v) is 3.27. The van der Waals surface area contributed by atoms with Gasteiger partial charge in [0.25, 0.3) is 0 Å². The Labute approximate surface area is 96.5 Å². The molecule has 2 rings (SSSR count). The fourth-order valence-corrected chi connectivity index (χ4v) is 1.18. The van der Waals surface area contributed by atoms with Gasteiger partial charge in [0.1, 0.15) is 12.4 Å². The summed E-state index contributed by atoms with van der Waals surface area (Å²) in [5, 5.41) is 13.3. The van der Waals surface area contributed by atoms with Gasteiger partial charge in [-0.15, -0.1) is 0 Å². The summed E-state index contributed by atoms with van der Waals surface area (Å²) in [5.74, 6) is 0.292. The first-order chi connectivity index (χ1) is 8.15. The van der Waals surface area contributed by atoms with E-state index in [0.717, 1.165) is 18.1 Å². The molecule has 1 aromatic heterocycles. The zero-order chi connectivity index (χ0) is 12.3. The molecule has 0 fully saturated rings. The van der Waals surface area contributed by atoms with Crippen LogP contribution < -0.4 is 11.1 Å². The number of nitrogens with two attached hydrogens (primary N) is 1. The van der Waals surface area contributed by atoms with Crippen molar-refractivity contribution in [2.24, 2.45) is 0 Å². The van der Waals surface area contributed by atoms with Crippen molar-refractivity contribution in [1.82, 2.24) is 9.97 Å². The maximum atomic E-state index is 10.4. The van der Waals surface area contributed by atoms with Crippen LogP contribution in [0.15, 0.2) is 36.7 Å². The van der Waals surface area contributed by atoms with Crippen molar-refractivity contribution in [3.05, 3.63) is 46.8 Å². The van der Waals surface area contributed by atoms with Gasteiger partial charge >= 0.3 is 5.69 Å². The van der Waals surface area contributed by atoms with Crippen molar-refractivity contribution >= 4 is 23.0 Å². The van der Waals surface area contributed by atoms with Crippen LogP contribution in [0.5, 0.6) is 0 Å². The molecule has 17 heavy (non-hydrogen) atoms. The van der Waals surface area contributed by atoms with E-state index in [0.29, 0.717) is 11.6 Å². The van der Waals surface area contributed by atoms with Crippen molar-refractivity contribution in [2.45, 2.75) is 0 Å². The first kappa shape index (κ1) is 10.8. The van der Waals surface area contributed by atoms with Gasteiger partial charge in [-0.25, -0.2) is 9.97 Å². The fourth-order valence-electron chi connectivity index (χ4n) is 1.18. The second-order valence-electron chi connectivity index (χ2n) is 3.27. The Morgan fingerprint density at radius 1 is 1.18 bits per heavy atom. The predicted molar refractivity (Wildman–Crippen MR) is 62.8 cm³/mol. The number of nitrogen functional groups attached to an aromatic ring is 1. The zero-order valence-electron chi connectivity index (χ0n) is 8.70. The summed E-state index contributed by atoms with van der Waals surface area (Å²) in [7, 11) is 0. The average molecular weight is 231 g/mol. The van der Waals surface area contributed by atoms with Gasteiger partial charge in [-0.1, -0.05) is 0 Å². The van der Waals surface area contributed by atoms with E-state index < -0.39 is 4.92 Å². The number of hydrogen-bond acceptors (Lipinski definition) is 6. The molecule has 7 nitrogen and oxygen atoms in total. The number of hydrogen-bond donors (Lipinski definition) is 2. The predicted octanol–water partition coefficient (Wildman–Crippen LogP) is 1.71. The molecule has 0 atom stereocenters. The minimum atomic E-state index is -0.549. The van der Waals surface area contributed by atoms with Crippen molar-refractivity contribution < 1.29 is 4.92 Å². The van der Waals surface area contributed by atoms with Crippen LogP contribution in [0.25, 0.3) is 0 Å². The Balaban J connectivity index is 2.13. The van der Waals surface area contributed by atoms with Crippen LogP contribution in [-0.4, -0.2) is 14.9 Å². The molecule has 7 heteroatoms. The van der Waals surface area contributed by atoms with Gasteiger partial charge in [-0.3, -0.25) is 10.1 Å². The molecule has 2 aromatic rings. The van der Waals surface area contributed by atoms with Gasteiger partial charge in [0.15, 0.2) is 0 Å². The van der Waals surface area contributed by atoms with E-state index in [1.54, 1.807) is 24.3 Å². The van der Waals surface area contributed by atoms with Gasteiger partial charge in [0.2, 0.25) is 5.95 Å². The first-order valence-electron chi connectivity index (χ1n) is 4.74. The zero-order valence-corrected chi connectivity index (χ0v) is 8.70. The number of rotatable bonds is 3. The third-order valence-corrected chi connectivity index (χ3v) is 2.02. The minimum Gasteiger partial charge on any atom is -0.399 e. The quantitative estimate of drug-likeness (QED) is 0.473. The maximum Gasteiger partial charge on any atom is 0.305 e. The van der Waals surface area contributed by atoms with Crippen LogP contribution >= 0.6 is 0 Å². The van der Waals surface area contributed by atoms with Crippen LogP contribution in [0.4, 0.5) is 23.0 Å². The number of nitrogens with one attached hydrogen (secondary N) is 1. The molecule has 3 N–H and O–H groups in total. The van der Waals surface area contributed by atoms with Crippen LogP contribution in [0.2, 0.25) is 0 Å². The number of aromatic nitrogens is 2. The highest BCUT2D eigenvalue weighted by Gasteiger charge is 2.06. The molecule has 86 valence electrons. The van der Waals surface area contributed by atoms with E-state index in [-0.39, 0.29) is 5.69 Å². The smallest absolute Gasteiger partial charge is 0.305 e. The Hall–Kier alpha value is -2.70. The lowest BCUT2D eigenvalue weighted by Gasteiger charge is -2.03. The standard InChI is InChI=1S/C10H9N5O2/c11-7-1-3-8(4-2-7)14-10-12-5-9(6-13-10)15(16)17/h1-6H,11H2,(H,12,13,14). The molecular weight excluding hydrogens is 222 g/mol. The van der Waals surface area contributed by atoms with Crippen LogP contribution in [-0.2, 0) is 0 Å². The normalized spacial score (nSPS) is 9.88. The third kappa shape index (κ3) is 2.65. The Morgan fingerprint density at radius 3 is 2.29 bits per heavy atom. The molecule has 0 amide bonds. The van der Waals surface area contributed by atoms with Crippen LogP contribution in [0, 0.1) is 10.1 Å². The van der Waals surface area contributed by atoms with Gasteiger partial charge in [0.05, 0.1) is 4.92 Å². The lowest BCUT2D eigenvalue weighted by atomic mass is 10.3. The number of benzene rings is 1. The van der Waals surface area contributed by atoms with Crippen molar-refractivity contribution in [2.75, 3.05) is 11.1 Å². The van der Waals surface area contributed by atoms with Gasteiger partial charge in [-0.05, 0) is 24.3 Å². The van der Waals surface area contributed by atoms with E-state index in [1.807, 2.05) is 0 Å². The lowest BCUT2D eigenvalue weighted by Crippen LogP contribution is -1.98. The summed E-state index contributed by atoms with van der Waals surface area (Å²) in [6.07, 6.45) is 2.29. The molecule has 0 radical (unpaired) electrons. The molecule has 1 aromatic carbocycles. The molecule has 0 aliphatic carbocycles. The second kappa shape index (κ2) is 4.44. The van der Waals surface area contributed by atoms with Crippen molar-refractivity contribution in [1.29, 1.82) is 0 Å². The molecule has 0 saturated carbocycles. The monoisotopic (exact) mass is 231 g/mol. The number of nitrogens with zero attached hydrogens (tertiary/aromatic N) is 3. The molecule has 0 unspecified atom stereocenters. The highest BCUT2D eigenvalue weighted by atomic mass is 16.6. The Kier molecular flexibility index (Phi) is 2.82.